The Kier molecular flexibility index (Phi) is 5.92. The van der Waals surface area contributed by atoms with E-state index in [1.165, 1.54) is 0 Å². The molecule has 0 bridgehead atoms. The third-order valence-electron chi connectivity index (χ3n) is 6.09. The number of fused-ring (bicyclic) bond motifs is 1. The maximum atomic E-state index is 12.6. The normalized spacial score (nSPS) is 16.4. The molecule has 1 N–H and O–H groups in total. The molecule has 31 heavy (non-hydrogen) atoms. The van der Waals surface area contributed by atoms with Crippen molar-refractivity contribution < 1.29 is 9.90 Å². The lowest BCUT2D eigenvalue weighted by Crippen LogP contribution is -2.50. The molecule has 0 aliphatic carbocycles. The SMILES string of the molecule is CCC(C)(O)CC(=O)N1CCN(c2nc(-c3ccccc3)nc3cc(C)ccc23)CC1. The Morgan fingerprint density at radius 1 is 1.06 bits per heavy atom. The van der Waals surface area contributed by atoms with Crippen LogP contribution in [0.25, 0.3) is 22.3 Å². The smallest absolute Gasteiger partial charge is 0.225 e. The highest BCUT2D eigenvalue weighted by Gasteiger charge is 2.28. The third-order valence-corrected chi connectivity index (χ3v) is 6.09. The van der Waals surface area contributed by atoms with E-state index in [1.807, 2.05) is 42.2 Å². The zero-order chi connectivity index (χ0) is 22.0. The molecule has 0 radical (unpaired) electrons. The van der Waals surface area contributed by atoms with Gasteiger partial charge in [0.15, 0.2) is 5.82 Å². The number of aromatic nitrogens is 2. The first-order valence-corrected chi connectivity index (χ1v) is 11.0. The summed E-state index contributed by atoms with van der Waals surface area (Å²) in [6.45, 7) is 8.34. The number of benzene rings is 2. The summed E-state index contributed by atoms with van der Waals surface area (Å²) < 4.78 is 0. The Hall–Kier alpha value is -2.99. The van der Waals surface area contributed by atoms with Crippen molar-refractivity contribution in [3.8, 4) is 11.4 Å². The summed E-state index contributed by atoms with van der Waals surface area (Å²) in [5.41, 5.74) is 2.14. The van der Waals surface area contributed by atoms with E-state index in [2.05, 4.69) is 30.0 Å². The molecule has 0 saturated carbocycles. The van der Waals surface area contributed by atoms with Crippen molar-refractivity contribution in [1.29, 1.82) is 0 Å². The average molecular weight is 419 g/mol. The Bertz CT molecular complexity index is 1070. The lowest BCUT2D eigenvalue weighted by molar-refractivity contribution is -0.136. The van der Waals surface area contributed by atoms with Gasteiger partial charge in [0.1, 0.15) is 5.82 Å². The molecule has 1 aliphatic rings. The van der Waals surface area contributed by atoms with Crippen molar-refractivity contribution in [2.24, 2.45) is 0 Å². The van der Waals surface area contributed by atoms with Crippen LogP contribution in [0.3, 0.4) is 0 Å². The molecule has 4 rings (SSSR count). The Balaban J connectivity index is 1.60. The first-order valence-electron chi connectivity index (χ1n) is 11.0. The number of piperazine rings is 1. The van der Waals surface area contributed by atoms with E-state index < -0.39 is 5.60 Å². The summed E-state index contributed by atoms with van der Waals surface area (Å²) in [6.07, 6.45) is 0.727. The van der Waals surface area contributed by atoms with Crippen LogP contribution in [0.1, 0.15) is 32.3 Å². The van der Waals surface area contributed by atoms with Gasteiger partial charge >= 0.3 is 0 Å². The molecule has 1 atom stereocenters. The number of carbonyl (C=O) groups is 1. The number of carbonyl (C=O) groups excluding carboxylic acids is 1. The number of amides is 1. The molecule has 6 heteroatoms. The molecule has 2 aromatic carbocycles. The van der Waals surface area contributed by atoms with Gasteiger partial charge in [0.2, 0.25) is 5.91 Å². The van der Waals surface area contributed by atoms with Crippen molar-refractivity contribution in [2.45, 2.75) is 39.2 Å². The zero-order valence-electron chi connectivity index (χ0n) is 18.5. The van der Waals surface area contributed by atoms with Gasteiger partial charge in [-0.25, -0.2) is 9.97 Å². The van der Waals surface area contributed by atoms with Crippen molar-refractivity contribution in [3.05, 3.63) is 54.1 Å². The van der Waals surface area contributed by atoms with Crippen molar-refractivity contribution in [3.63, 3.8) is 0 Å². The number of rotatable bonds is 5. The van der Waals surface area contributed by atoms with E-state index in [1.54, 1.807) is 6.92 Å². The van der Waals surface area contributed by atoms with Gasteiger partial charge in [0.25, 0.3) is 0 Å². The first kappa shape index (κ1) is 21.2. The van der Waals surface area contributed by atoms with Gasteiger partial charge in [-0.3, -0.25) is 4.79 Å². The molecule has 1 aromatic heterocycles. The molecule has 1 amide bonds. The maximum Gasteiger partial charge on any atom is 0.225 e. The van der Waals surface area contributed by atoms with Crippen LogP contribution in [0.2, 0.25) is 0 Å². The second kappa shape index (κ2) is 8.63. The Morgan fingerprint density at radius 2 is 1.77 bits per heavy atom. The Morgan fingerprint density at radius 3 is 2.45 bits per heavy atom. The monoisotopic (exact) mass is 418 g/mol. The quantitative estimate of drug-likeness (QED) is 0.682. The highest BCUT2D eigenvalue weighted by molar-refractivity contribution is 5.91. The number of hydrogen-bond donors (Lipinski definition) is 1. The highest BCUT2D eigenvalue weighted by Crippen LogP contribution is 2.29. The molecule has 1 aliphatic heterocycles. The van der Waals surface area contributed by atoms with Crippen LogP contribution in [0.5, 0.6) is 0 Å². The molecule has 1 saturated heterocycles. The molecular formula is C25H30N4O2. The molecule has 162 valence electrons. The van der Waals surface area contributed by atoms with Crippen LogP contribution in [0.15, 0.2) is 48.5 Å². The highest BCUT2D eigenvalue weighted by atomic mass is 16.3. The summed E-state index contributed by atoms with van der Waals surface area (Å²) in [6, 6.07) is 16.3. The first-order chi connectivity index (χ1) is 14.9. The fourth-order valence-corrected chi connectivity index (χ4v) is 3.91. The van der Waals surface area contributed by atoms with E-state index in [-0.39, 0.29) is 12.3 Å². The van der Waals surface area contributed by atoms with Crippen molar-refractivity contribution in [2.75, 3.05) is 31.1 Å². The van der Waals surface area contributed by atoms with Gasteiger partial charge in [-0.05, 0) is 38.0 Å². The molecule has 1 fully saturated rings. The third kappa shape index (κ3) is 4.69. The fraction of sp³-hybridized carbons (Fsp3) is 0.400. The standard InChI is InChI=1S/C25H30N4O2/c1-4-25(3,31)17-22(30)28-12-14-29(15-13-28)24-20-11-10-18(2)16-21(20)26-23(27-24)19-8-6-5-7-9-19/h5-11,16,31H,4,12-15,17H2,1-3H3. The average Bonchev–Trinajstić information content (AvgIpc) is 2.78. The number of aryl methyl sites for hydroxylation is 1. The number of nitrogens with zero attached hydrogens (tertiary/aromatic N) is 4. The Labute approximate surface area is 183 Å². The van der Waals surface area contributed by atoms with E-state index in [0.717, 1.165) is 27.8 Å². The van der Waals surface area contributed by atoms with Gasteiger partial charge in [0.05, 0.1) is 17.5 Å². The molecule has 3 aromatic rings. The lowest BCUT2D eigenvalue weighted by Gasteiger charge is -2.37. The molecule has 0 spiro atoms. The predicted octanol–water partition coefficient (Wildman–Crippen LogP) is 3.80. The van der Waals surface area contributed by atoms with Gasteiger partial charge in [0, 0.05) is 37.1 Å². The second-order valence-corrected chi connectivity index (χ2v) is 8.65. The molecule has 1 unspecified atom stereocenters. The van der Waals surface area contributed by atoms with Gasteiger partial charge in [-0.15, -0.1) is 0 Å². The summed E-state index contributed by atoms with van der Waals surface area (Å²) in [4.78, 5) is 26.5. The molecule has 2 heterocycles. The number of hydrogen-bond acceptors (Lipinski definition) is 5. The van der Waals surface area contributed by atoms with Crippen LogP contribution >= 0.6 is 0 Å². The minimum Gasteiger partial charge on any atom is -0.390 e. The van der Waals surface area contributed by atoms with Crippen LogP contribution in [-0.4, -0.2) is 57.7 Å². The van der Waals surface area contributed by atoms with E-state index >= 15 is 0 Å². The van der Waals surface area contributed by atoms with Gasteiger partial charge < -0.3 is 14.9 Å². The van der Waals surface area contributed by atoms with Crippen LogP contribution < -0.4 is 4.90 Å². The lowest BCUT2D eigenvalue weighted by atomic mass is 9.98. The largest absolute Gasteiger partial charge is 0.390 e. The number of anilines is 1. The van der Waals surface area contributed by atoms with Crippen LogP contribution in [0.4, 0.5) is 5.82 Å². The van der Waals surface area contributed by atoms with E-state index in [0.29, 0.717) is 38.4 Å². The minimum atomic E-state index is -0.945. The second-order valence-electron chi connectivity index (χ2n) is 8.65. The maximum absolute atomic E-state index is 12.6. The van der Waals surface area contributed by atoms with Crippen molar-refractivity contribution in [1.82, 2.24) is 14.9 Å². The molecule has 6 nitrogen and oxygen atoms in total. The van der Waals surface area contributed by atoms with Gasteiger partial charge in [-0.2, -0.15) is 0 Å². The van der Waals surface area contributed by atoms with Crippen LogP contribution in [0, 0.1) is 6.92 Å². The summed E-state index contributed by atoms with van der Waals surface area (Å²) in [5, 5.41) is 11.3. The van der Waals surface area contributed by atoms with Gasteiger partial charge in [-0.1, -0.05) is 43.3 Å². The predicted molar refractivity (Wildman–Crippen MR) is 124 cm³/mol. The zero-order valence-corrected chi connectivity index (χ0v) is 18.5. The fourth-order valence-electron chi connectivity index (χ4n) is 3.91. The summed E-state index contributed by atoms with van der Waals surface area (Å²) in [7, 11) is 0. The number of aliphatic hydroxyl groups is 1. The minimum absolute atomic E-state index is 0.0136. The topological polar surface area (TPSA) is 69.6 Å². The van der Waals surface area contributed by atoms with Crippen molar-refractivity contribution >= 4 is 22.6 Å². The van der Waals surface area contributed by atoms with E-state index in [4.69, 9.17) is 9.97 Å². The molecular weight excluding hydrogens is 388 g/mol. The van der Waals surface area contributed by atoms with E-state index in [9.17, 15) is 9.90 Å². The summed E-state index contributed by atoms with van der Waals surface area (Å²) in [5.74, 6) is 1.64. The summed E-state index contributed by atoms with van der Waals surface area (Å²) >= 11 is 0. The van der Waals surface area contributed by atoms with Crippen LogP contribution in [-0.2, 0) is 4.79 Å².